The summed E-state index contributed by atoms with van der Waals surface area (Å²) in [6.45, 7) is 1.41. The predicted octanol–water partition coefficient (Wildman–Crippen LogP) is 6.38. The summed E-state index contributed by atoms with van der Waals surface area (Å²) in [5.41, 5.74) is 3.09. The topological polar surface area (TPSA) is 46.1 Å². The summed E-state index contributed by atoms with van der Waals surface area (Å²) in [5, 5.41) is 4.40. The van der Waals surface area contributed by atoms with E-state index in [1.54, 1.807) is 41.3 Å². The molecule has 0 spiro atoms. The second-order valence-corrected chi connectivity index (χ2v) is 9.00. The molecule has 29 heavy (non-hydrogen) atoms. The minimum absolute atomic E-state index is 0.209. The lowest BCUT2D eigenvalue weighted by molar-refractivity contribution is -0.115. The maximum atomic E-state index is 14.2. The number of amides is 1. The summed E-state index contributed by atoms with van der Waals surface area (Å²) in [6.07, 6.45) is 0. The molecule has 4 aromatic rings. The third-order valence-corrected chi connectivity index (χ3v) is 6.96. The number of anilines is 2. The van der Waals surface area contributed by atoms with Crippen molar-refractivity contribution < 1.29 is 9.18 Å². The van der Waals surface area contributed by atoms with Crippen molar-refractivity contribution in [2.75, 3.05) is 4.90 Å². The monoisotopic (exact) mass is 441 g/mol. The number of halogens is 1. The van der Waals surface area contributed by atoms with E-state index in [1.165, 1.54) is 29.2 Å². The highest BCUT2D eigenvalue weighted by atomic mass is 32.2. The van der Waals surface area contributed by atoms with E-state index in [1.807, 2.05) is 41.1 Å². The standard InChI is InChI=1S/C21H16FN3OS3/c1-14(26)25(19-10-6-5-9-17(19)22)20-23-16(11-27-20)12-28-21-24-18(13-29-21)15-7-3-2-4-8-15/h2-11,13H,12H2,1H3. The molecule has 0 unspecified atom stereocenters. The smallest absolute Gasteiger partial charge is 0.230 e. The van der Waals surface area contributed by atoms with Gasteiger partial charge in [0.25, 0.3) is 0 Å². The van der Waals surface area contributed by atoms with Crippen LogP contribution in [0.4, 0.5) is 15.2 Å². The Kier molecular flexibility index (Phi) is 6.03. The summed E-state index contributed by atoms with van der Waals surface area (Å²) >= 11 is 4.51. The summed E-state index contributed by atoms with van der Waals surface area (Å²) in [4.78, 5) is 22.7. The van der Waals surface area contributed by atoms with Gasteiger partial charge in [0, 0.05) is 29.0 Å². The van der Waals surface area contributed by atoms with Crippen molar-refractivity contribution in [3.8, 4) is 11.3 Å². The predicted molar refractivity (Wildman–Crippen MR) is 118 cm³/mol. The van der Waals surface area contributed by atoms with Gasteiger partial charge in [-0.1, -0.05) is 54.2 Å². The first kappa shape index (κ1) is 19.8. The lowest BCUT2D eigenvalue weighted by atomic mass is 10.2. The molecule has 4 nitrogen and oxygen atoms in total. The lowest BCUT2D eigenvalue weighted by Crippen LogP contribution is -2.23. The van der Waals surface area contributed by atoms with Gasteiger partial charge in [-0.15, -0.1) is 22.7 Å². The van der Waals surface area contributed by atoms with Crippen molar-refractivity contribution in [2.45, 2.75) is 17.0 Å². The van der Waals surface area contributed by atoms with Gasteiger partial charge in [-0.3, -0.25) is 9.69 Å². The second-order valence-electron chi connectivity index (χ2n) is 6.08. The molecule has 2 aromatic heterocycles. The average Bonchev–Trinajstić information content (AvgIpc) is 3.38. The third kappa shape index (κ3) is 4.55. The molecular formula is C21H16FN3OS3. The fraction of sp³-hybridized carbons (Fsp3) is 0.0952. The van der Waals surface area contributed by atoms with Crippen LogP contribution < -0.4 is 4.90 Å². The van der Waals surface area contributed by atoms with Crippen molar-refractivity contribution in [3.05, 3.63) is 76.9 Å². The Bertz CT molecular complexity index is 1130. The number of carbonyl (C=O) groups is 1. The molecule has 0 saturated heterocycles. The number of rotatable bonds is 6. The molecule has 0 aliphatic heterocycles. The van der Waals surface area contributed by atoms with Gasteiger partial charge >= 0.3 is 0 Å². The van der Waals surface area contributed by atoms with Gasteiger partial charge in [0.15, 0.2) is 9.47 Å². The van der Waals surface area contributed by atoms with E-state index in [9.17, 15) is 9.18 Å². The fourth-order valence-corrected chi connectivity index (χ4v) is 5.42. The van der Waals surface area contributed by atoms with E-state index < -0.39 is 5.82 Å². The number of nitrogens with zero attached hydrogens (tertiary/aromatic N) is 3. The second kappa shape index (κ2) is 8.86. The number of hydrogen-bond acceptors (Lipinski definition) is 6. The van der Waals surface area contributed by atoms with E-state index in [4.69, 9.17) is 0 Å². The summed E-state index contributed by atoms with van der Waals surface area (Å²) in [5.74, 6) is -0.109. The van der Waals surface area contributed by atoms with E-state index in [2.05, 4.69) is 9.97 Å². The average molecular weight is 442 g/mol. The van der Waals surface area contributed by atoms with Crippen LogP contribution in [0.15, 0.2) is 69.7 Å². The molecule has 146 valence electrons. The maximum Gasteiger partial charge on any atom is 0.230 e. The zero-order valence-electron chi connectivity index (χ0n) is 15.4. The molecule has 0 aliphatic carbocycles. The van der Waals surface area contributed by atoms with Crippen LogP contribution in [0.1, 0.15) is 12.6 Å². The van der Waals surface area contributed by atoms with E-state index in [0.29, 0.717) is 10.9 Å². The Morgan fingerprint density at radius 1 is 1.03 bits per heavy atom. The maximum absolute atomic E-state index is 14.2. The first-order valence-electron chi connectivity index (χ1n) is 8.75. The minimum Gasteiger partial charge on any atom is -0.274 e. The quantitative estimate of drug-likeness (QED) is 0.326. The summed E-state index contributed by atoms with van der Waals surface area (Å²) in [6, 6.07) is 16.3. The number of thiazole rings is 2. The Balaban J connectivity index is 1.47. The van der Waals surface area contributed by atoms with Crippen molar-refractivity contribution in [1.29, 1.82) is 0 Å². The van der Waals surface area contributed by atoms with E-state index >= 15 is 0 Å². The largest absolute Gasteiger partial charge is 0.274 e. The fourth-order valence-electron chi connectivity index (χ4n) is 2.71. The molecule has 0 saturated carbocycles. The SMILES string of the molecule is CC(=O)N(c1nc(CSc2nc(-c3ccccc3)cs2)cs1)c1ccccc1F. The van der Waals surface area contributed by atoms with Crippen molar-refractivity contribution >= 4 is 51.2 Å². The van der Waals surface area contributed by atoms with Gasteiger partial charge in [-0.05, 0) is 12.1 Å². The Morgan fingerprint density at radius 2 is 1.79 bits per heavy atom. The zero-order chi connectivity index (χ0) is 20.2. The molecule has 8 heteroatoms. The van der Waals surface area contributed by atoms with E-state index in [-0.39, 0.29) is 11.6 Å². The summed E-state index contributed by atoms with van der Waals surface area (Å²) < 4.78 is 15.1. The van der Waals surface area contributed by atoms with Crippen LogP contribution in [0, 0.1) is 5.82 Å². The normalized spacial score (nSPS) is 10.8. The first-order valence-corrected chi connectivity index (χ1v) is 11.5. The lowest BCUT2D eigenvalue weighted by Gasteiger charge is -2.18. The molecule has 0 aliphatic rings. The molecule has 2 aromatic carbocycles. The van der Waals surface area contributed by atoms with Crippen molar-refractivity contribution in [2.24, 2.45) is 0 Å². The van der Waals surface area contributed by atoms with Crippen LogP contribution in [0.2, 0.25) is 0 Å². The van der Waals surface area contributed by atoms with Gasteiger partial charge in [0.1, 0.15) is 5.82 Å². The van der Waals surface area contributed by atoms with Gasteiger partial charge in [-0.2, -0.15) is 0 Å². The van der Waals surface area contributed by atoms with Crippen LogP contribution in [0.3, 0.4) is 0 Å². The highest BCUT2D eigenvalue weighted by molar-refractivity contribution is 8.00. The van der Waals surface area contributed by atoms with Gasteiger partial charge in [0.05, 0.1) is 17.1 Å². The van der Waals surface area contributed by atoms with Crippen LogP contribution in [-0.2, 0) is 10.5 Å². The highest BCUT2D eigenvalue weighted by Gasteiger charge is 2.21. The number of benzene rings is 2. The molecule has 2 heterocycles. The Labute approximate surface area is 180 Å². The molecule has 0 atom stereocenters. The zero-order valence-corrected chi connectivity index (χ0v) is 17.9. The minimum atomic E-state index is -0.454. The molecule has 0 radical (unpaired) electrons. The molecule has 1 amide bonds. The van der Waals surface area contributed by atoms with E-state index in [0.717, 1.165) is 21.3 Å². The number of thioether (sulfide) groups is 1. The number of para-hydroxylation sites is 1. The van der Waals surface area contributed by atoms with Crippen LogP contribution in [-0.4, -0.2) is 15.9 Å². The molecule has 0 bridgehead atoms. The Hall–Kier alpha value is -2.55. The van der Waals surface area contributed by atoms with Crippen molar-refractivity contribution in [3.63, 3.8) is 0 Å². The number of aromatic nitrogens is 2. The third-order valence-electron chi connectivity index (χ3n) is 4.04. The van der Waals surface area contributed by atoms with Crippen LogP contribution in [0.25, 0.3) is 11.3 Å². The number of carbonyl (C=O) groups excluding carboxylic acids is 1. The molecule has 4 rings (SSSR count). The molecular weight excluding hydrogens is 425 g/mol. The molecule has 0 N–H and O–H groups in total. The van der Waals surface area contributed by atoms with Crippen LogP contribution >= 0.6 is 34.4 Å². The van der Waals surface area contributed by atoms with Gasteiger partial charge in [-0.25, -0.2) is 14.4 Å². The highest BCUT2D eigenvalue weighted by Crippen LogP contribution is 2.34. The Morgan fingerprint density at radius 3 is 2.55 bits per heavy atom. The molecule has 0 fully saturated rings. The number of hydrogen-bond donors (Lipinski definition) is 0. The van der Waals surface area contributed by atoms with Gasteiger partial charge in [0.2, 0.25) is 5.91 Å². The van der Waals surface area contributed by atoms with Gasteiger partial charge < -0.3 is 0 Å². The van der Waals surface area contributed by atoms with Crippen molar-refractivity contribution in [1.82, 2.24) is 9.97 Å². The van der Waals surface area contributed by atoms with Crippen LogP contribution in [0.5, 0.6) is 0 Å². The summed E-state index contributed by atoms with van der Waals surface area (Å²) in [7, 11) is 0. The first-order chi connectivity index (χ1) is 14.1.